The molecule has 1 aromatic carbocycles. The number of nitrogens with two attached hydrogens (primary N) is 1. The molecule has 0 aliphatic rings. The predicted octanol–water partition coefficient (Wildman–Crippen LogP) is 3.14. The molecule has 28 heavy (non-hydrogen) atoms. The number of anilines is 2. The molecule has 144 valence electrons. The van der Waals surface area contributed by atoms with Gasteiger partial charge in [-0.15, -0.1) is 0 Å². The molecule has 3 N–H and O–H groups in total. The number of hydrogen-bond acceptors (Lipinski definition) is 6. The lowest BCUT2D eigenvalue weighted by molar-refractivity contribution is 0.102. The van der Waals surface area contributed by atoms with Crippen molar-refractivity contribution in [3.8, 4) is 16.9 Å². The van der Waals surface area contributed by atoms with Crippen molar-refractivity contribution >= 4 is 17.3 Å². The average Bonchev–Trinajstić information content (AvgIpc) is 2.71. The molecule has 0 aliphatic carbocycles. The molecule has 8 heteroatoms. The van der Waals surface area contributed by atoms with Gasteiger partial charge in [0.25, 0.3) is 5.91 Å². The third-order valence-corrected chi connectivity index (χ3v) is 3.89. The number of hydrogen-bond donors (Lipinski definition) is 2. The van der Waals surface area contributed by atoms with Crippen LogP contribution in [-0.2, 0) is 4.74 Å². The van der Waals surface area contributed by atoms with Gasteiger partial charge in [0.05, 0.1) is 24.2 Å². The highest BCUT2D eigenvalue weighted by atomic mass is 19.1. The molecule has 3 rings (SSSR count). The SMILES string of the molecule is COCCOc1ccc(C(=O)Nc2cc(-c3ccc(F)nc3)ccc2N)nc1. The van der Waals surface area contributed by atoms with Crippen LogP contribution in [0.1, 0.15) is 10.5 Å². The van der Waals surface area contributed by atoms with Crippen LogP contribution in [0.3, 0.4) is 0 Å². The number of methoxy groups -OCH3 is 1. The lowest BCUT2D eigenvalue weighted by Gasteiger charge is -2.11. The lowest BCUT2D eigenvalue weighted by Crippen LogP contribution is -2.15. The molecule has 3 aromatic rings. The van der Waals surface area contributed by atoms with Crippen molar-refractivity contribution in [2.75, 3.05) is 31.4 Å². The largest absolute Gasteiger partial charge is 0.490 e. The van der Waals surface area contributed by atoms with Crippen LogP contribution in [0, 0.1) is 5.95 Å². The lowest BCUT2D eigenvalue weighted by atomic mass is 10.1. The fourth-order valence-electron chi connectivity index (χ4n) is 2.42. The maximum Gasteiger partial charge on any atom is 0.274 e. The van der Waals surface area contributed by atoms with Crippen molar-refractivity contribution in [1.29, 1.82) is 0 Å². The maximum absolute atomic E-state index is 13.0. The van der Waals surface area contributed by atoms with Gasteiger partial charge in [-0.1, -0.05) is 6.07 Å². The van der Waals surface area contributed by atoms with E-state index in [9.17, 15) is 9.18 Å². The number of ether oxygens (including phenoxy) is 2. The summed E-state index contributed by atoms with van der Waals surface area (Å²) in [6.45, 7) is 0.854. The van der Waals surface area contributed by atoms with Crippen molar-refractivity contribution in [2.24, 2.45) is 0 Å². The molecule has 0 radical (unpaired) electrons. The molecule has 1 amide bonds. The van der Waals surface area contributed by atoms with Crippen molar-refractivity contribution in [3.05, 3.63) is 66.5 Å². The van der Waals surface area contributed by atoms with Crippen molar-refractivity contribution in [3.63, 3.8) is 0 Å². The molecular formula is C20H19FN4O3. The predicted molar refractivity (Wildman–Crippen MR) is 104 cm³/mol. The molecule has 0 saturated carbocycles. The molecule has 0 unspecified atom stereocenters. The van der Waals surface area contributed by atoms with Crippen molar-refractivity contribution in [2.45, 2.75) is 0 Å². The van der Waals surface area contributed by atoms with Crippen LogP contribution in [0.2, 0.25) is 0 Å². The summed E-state index contributed by atoms with van der Waals surface area (Å²) in [4.78, 5) is 20.2. The molecular weight excluding hydrogens is 363 g/mol. The summed E-state index contributed by atoms with van der Waals surface area (Å²) >= 11 is 0. The van der Waals surface area contributed by atoms with E-state index in [1.807, 2.05) is 0 Å². The smallest absolute Gasteiger partial charge is 0.274 e. The Balaban J connectivity index is 1.73. The Labute approximate surface area is 161 Å². The number of nitrogens with one attached hydrogen (secondary N) is 1. The Morgan fingerprint density at radius 2 is 1.89 bits per heavy atom. The minimum atomic E-state index is -0.562. The van der Waals surface area contributed by atoms with E-state index in [4.69, 9.17) is 15.2 Å². The third-order valence-electron chi connectivity index (χ3n) is 3.89. The molecule has 7 nitrogen and oxygen atoms in total. The quantitative estimate of drug-likeness (QED) is 0.370. The molecule has 0 spiro atoms. The molecule has 0 atom stereocenters. The zero-order chi connectivity index (χ0) is 19.9. The number of carbonyl (C=O) groups is 1. The first-order chi connectivity index (χ1) is 13.6. The van der Waals surface area contributed by atoms with Gasteiger partial charge in [0.1, 0.15) is 18.1 Å². The van der Waals surface area contributed by atoms with Gasteiger partial charge in [-0.25, -0.2) is 9.97 Å². The van der Waals surface area contributed by atoms with Gasteiger partial charge in [-0.3, -0.25) is 4.79 Å². The first-order valence-corrected chi connectivity index (χ1v) is 8.47. The van der Waals surface area contributed by atoms with Crippen molar-refractivity contribution in [1.82, 2.24) is 9.97 Å². The monoisotopic (exact) mass is 382 g/mol. The van der Waals surface area contributed by atoms with Crippen molar-refractivity contribution < 1.29 is 18.7 Å². The second-order valence-electron chi connectivity index (χ2n) is 5.85. The molecule has 0 bridgehead atoms. The van der Waals surface area contributed by atoms with E-state index in [2.05, 4.69) is 15.3 Å². The number of halogens is 1. The van der Waals surface area contributed by atoms with E-state index >= 15 is 0 Å². The van der Waals surface area contributed by atoms with Crippen LogP contribution >= 0.6 is 0 Å². The summed E-state index contributed by atoms with van der Waals surface area (Å²) in [5, 5.41) is 2.74. The Morgan fingerprint density at radius 1 is 1.07 bits per heavy atom. The van der Waals surface area contributed by atoms with E-state index in [0.29, 0.717) is 35.9 Å². The Kier molecular flexibility index (Phi) is 6.13. The van der Waals surface area contributed by atoms with Crippen LogP contribution in [0.4, 0.5) is 15.8 Å². The van der Waals surface area contributed by atoms with Gasteiger partial charge in [0.15, 0.2) is 0 Å². The number of benzene rings is 1. The Bertz CT molecular complexity index is 947. The number of aromatic nitrogens is 2. The van der Waals surface area contributed by atoms with Gasteiger partial charge < -0.3 is 20.5 Å². The summed E-state index contributed by atoms with van der Waals surface area (Å²) in [5.41, 5.74) is 8.45. The second-order valence-corrected chi connectivity index (χ2v) is 5.85. The summed E-state index contributed by atoms with van der Waals surface area (Å²) in [6.07, 6.45) is 2.88. The van der Waals surface area contributed by atoms with Gasteiger partial charge in [-0.05, 0) is 42.0 Å². The first kappa shape index (κ1) is 19.2. The topological polar surface area (TPSA) is 99.4 Å². The summed E-state index contributed by atoms with van der Waals surface area (Å²) < 4.78 is 23.3. The first-order valence-electron chi connectivity index (χ1n) is 8.47. The number of pyridine rings is 2. The van der Waals surface area contributed by atoms with Crippen LogP contribution in [0.25, 0.3) is 11.1 Å². The molecule has 0 saturated heterocycles. The van der Waals surface area contributed by atoms with Crippen LogP contribution in [0.15, 0.2) is 54.9 Å². The highest BCUT2D eigenvalue weighted by molar-refractivity contribution is 6.04. The zero-order valence-corrected chi connectivity index (χ0v) is 15.2. The van der Waals surface area contributed by atoms with E-state index in [1.54, 1.807) is 43.5 Å². The van der Waals surface area contributed by atoms with Gasteiger partial charge in [0, 0.05) is 18.9 Å². The average molecular weight is 382 g/mol. The number of nitrogens with zero attached hydrogens (tertiary/aromatic N) is 2. The van der Waals surface area contributed by atoms with Gasteiger partial charge in [-0.2, -0.15) is 4.39 Å². The molecule has 0 aliphatic heterocycles. The number of rotatable bonds is 7. The van der Waals surface area contributed by atoms with Crippen LogP contribution < -0.4 is 15.8 Å². The fourth-order valence-corrected chi connectivity index (χ4v) is 2.42. The van der Waals surface area contributed by atoms with E-state index in [0.717, 1.165) is 5.56 Å². The summed E-state index contributed by atoms with van der Waals surface area (Å²) in [5.74, 6) is -0.433. The van der Waals surface area contributed by atoms with E-state index in [-0.39, 0.29) is 5.69 Å². The minimum absolute atomic E-state index is 0.215. The number of amides is 1. The highest BCUT2D eigenvalue weighted by Gasteiger charge is 2.11. The Hall–Kier alpha value is -3.52. The highest BCUT2D eigenvalue weighted by Crippen LogP contribution is 2.27. The fraction of sp³-hybridized carbons (Fsp3) is 0.150. The Morgan fingerprint density at radius 3 is 2.57 bits per heavy atom. The number of carbonyl (C=O) groups excluding carboxylic acids is 1. The summed E-state index contributed by atoms with van der Waals surface area (Å²) in [6, 6.07) is 11.2. The standard InChI is InChI=1S/C20H19FN4O3/c1-27-8-9-28-15-4-6-17(23-12-15)20(26)25-18-10-13(2-5-16(18)22)14-3-7-19(21)24-11-14/h2-7,10-12H,8-9,22H2,1H3,(H,25,26). The normalized spacial score (nSPS) is 10.5. The third kappa shape index (κ3) is 4.80. The molecule has 2 aromatic heterocycles. The second kappa shape index (κ2) is 8.92. The molecule has 2 heterocycles. The summed E-state index contributed by atoms with van der Waals surface area (Å²) in [7, 11) is 1.59. The van der Waals surface area contributed by atoms with E-state index in [1.165, 1.54) is 18.5 Å². The van der Waals surface area contributed by atoms with Gasteiger partial charge >= 0.3 is 0 Å². The van der Waals surface area contributed by atoms with Crippen LogP contribution in [-0.4, -0.2) is 36.2 Å². The number of nitrogen functional groups attached to an aromatic ring is 1. The zero-order valence-electron chi connectivity index (χ0n) is 15.2. The van der Waals surface area contributed by atoms with Gasteiger partial charge in [0.2, 0.25) is 5.95 Å². The minimum Gasteiger partial charge on any atom is -0.490 e. The van der Waals surface area contributed by atoms with Crippen LogP contribution in [0.5, 0.6) is 5.75 Å². The maximum atomic E-state index is 13.0. The molecule has 0 fully saturated rings. The van der Waals surface area contributed by atoms with E-state index < -0.39 is 11.9 Å².